The van der Waals surface area contributed by atoms with Gasteiger partial charge in [0.2, 0.25) is 10.0 Å². The molecule has 0 bridgehead atoms. The molecule has 0 aromatic carbocycles. The fourth-order valence-corrected chi connectivity index (χ4v) is 3.59. The first-order valence-corrected chi connectivity index (χ1v) is 7.12. The van der Waals surface area contributed by atoms with Gasteiger partial charge in [-0.2, -0.15) is 0 Å². The van der Waals surface area contributed by atoms with Crippen molar-refractivity contribution in [2.24, 2.45) is 5.73 Å². The second-order valence-electron chi connectivity index (χ2n) is 3.80. The minimum atomic E-state index is -3.22. The highest BCUT2D eigenvalue weighted by Gasteiger charge is 2.30. The van der Waals surface area contributed by atoms with Gasteiger partial charge in [-0.05, 0) is 19.3 Å². The quantitative estimate of drug-likeness (QED) is 0.722. The molecule has 15 heavy (non-hydrogen) atoms. The number of nitrogens with zero attached hydrogens (tertiary/aromatic N) is 1. The molecular weight excluding hydrogens is 212 g/mol. The second-order valence-corrected chi connectivity index (χ2v) is 6.07. The zero-order chi connectivity index (χ0) is 12.1. The monoisotopic (exact) mass is 236 g/mol. The molecule has 0 rings (SSSR count). The second kappa shape index (κ2) is 6.45. The van der Waals surface area contributed by atoms with E-state index in [1.54, 1.807) is 7.05 Å². The summed E-state index contributed by atoms with van der Waals surface area (Å²) in [6.45, 7) is 6.06. The topological polar surface area (TPSA) is 63.4 Å². The van der Waals surface area contributed by atoms with Crippen molar-refractivity contribution in [1.82, 2.24) is 4.31 Å². The lowest BCUT2D eigenvalue weighted by Crippen LogP contribution is -2.44. The number of hydrogen-bond donors (Lipinski definition) is 1. The number of nitrogens with two attached hydrogens (primary N) is 1. The highest BCUT2D eigenvalue weighted by Crippen LogP contribution is 2.16. The molecule has 0 saturated carbocycles. The van der Waals surface area contributed by atoms with Crippen LogP contribution >= 0.6 is 0 Å². The van der Waals surface area contributed by atoms with Gasteiger partial charge >= 0.3 is 0 Å². The summed E-state index contributed by atoms with van der Waals surface area (Å²) >= 11 is 0. The van der Waals surface area contributed by atoms with Gasteiger partial charge in [0.25, 0.3) is 0 Å². The van der Waals surface area contributed by atoms with Crippen molar-refractivity contribution in [3.05, 3.63) is 0 Å². The number of sulfonamides is 1. The lowest BCUT2D eigenvalue weighted by Gasteiger charge is -2.29. The van der Waals surface area contributed by atoms with Crippen LogP contribution in [0.3, 0.4) is 0 Å². The lowest BCUT2D eigenvalue weighted by atomic mass is 10.2. The van der Waals surface area contributed by atoms with Gasteiger partial charge < -0.3 is 5.73 Å². The molecule has 1 atom stereocenters. The Morgan fingerprint density at radius 3 is 1.87 bits per heavy atom. The summed E-state index contributed by atoms with van der Waals surface area (Å²) in [4.78, 5) is 0. The molecule has 0 fully saturated rings. The van der Waals surface area contributed by atoms with E-state index in [-0.39, 0.29) is 12.6 Å². The van der Waals surface area contributed by atoms with E-state index < -0.39 is 15.3 Å². The zero-order valence-corrected chi connectivity index (χ0v) is 11.0. The Labute approximate surface area is 93.9 Å². The standard InChI is InChI=1S/C10H24N2O2S/c1-5-9(6-2)12(4)15(13,14)10(7-3)8-11/h9-10H,5-8,11H2,1-4H3. The molecule has 0 saturated heterocycles. The zero-order valence-electron chi connectivity index (χ0n) is 10.2. The molecule has 0 heterocycles. The lowest BCUT2D eigenvalue weighted by molar-refractivity contribution is 0.344. The molecule has 0 aliphatic rings. The summed E-state index contributed by atoms with van der Waals surface area (Å²) in [5, 5.41) is -0.442. The van der Waals surface area contributed by atoms with E-state index in [4.69, 9.17) is 5.73 Å². The van der Waals surface area contributed by atoms with Crippen molar-refractivity contribution in [2.45, 2.75) is 51.3 Å². The SMILES string of the molecule is CCC(CC)N(C)S(=O)(=O)C(CC)CN. The molecule has 0 spiro atoms. The minimum Gasteiger partial charge on any atom is -0.329 e. The minimum absolute atomic E-state index is 0.0931. The molecule has 0 amide bonds. The summed E-state index contributed by atoms with van der Waals surface area (Å²) < 4.78 is 25.7. The van der Waals surface area contributed by atoms with E-state index in [0.717, 1.165) is 12.8 Å². The van der Waals surface area contributed by atoms with E-state index in [1.165, 1.54) is 4.31 Å². The van der Waals surface area contributed by atoms with Gasteiger partial charge in [-0.3, -0.25) is 0 Å². The van der Waals surface area contributed by atoms with Gasteiger partial charge in [-0.25, -0.2) is 12.7 Å². The summed E-state index contributed by atoms with van der Waals surface area (Å²) in [6.07, 6.45) is 2.25. The van der Waals surface area contributed by atoms with Crippen molar-refractivity contribution in [3.63, 3.8) is 0 Å². The predicted molar refractivity (Wildman–Crippen MR) is 64.2 cm³/mol. The van der Waals surface area contributed by atoms with Crippen LogP contribution in [0.25, 0.3) is 0 Å². The molecule has 0 aromatic rings. The van der Waals surface area contributed by atoms with Crippen LogP contribution in [0.2, 0.25) is 0 Å². The summed E-state index contributed by atoms with van der Waals surface area (Å²) in [5.41, 5.74) is 5.48. The maximum absolute atomic E-state index is 12.1. The molecule has 2 N–H and O–H groups in total. The van der Waals surface area contributed by atoms with Crippen LogP contribution in [0, 0.1) is 0 Å². The predicted octanol–water partition coefficient (Wildman–Crippen LogP) is 1.17. The van der Waals surface area contributed by atoms with E-state index in [1.807, 2.05) is 20.8 Å². The molecule has 92 valence electrons. The average Bonchev–Trinajstić information content (AvgIpc) is 2.20. The summed E-state index contributed by atoms with van der Waals surface area (Å²) in [7, 11) is -1.56. The smallest absolute Gasteiger partial charge is 0.218 e. The Kier molecular flexibility index (Phi) is 6.40. The Morgan fingerprint density at radius 2 is 1.60 bits per heavy atom. The Hall–Kier alpha value is -0.130. The van der Waals surface area contributed by atoms with Crippen LogP contribution in [0.5, 0.6) is 0 Å². The highest BCUT2D eigenvalue weighted by molar-refractivity contribution is 7.89. The van der Waals surface area contributed by atoms with Crippen LogP contribution in [0.1, 0.15) is 40.0 Å². The van der Waals surface area contributed by atoms with Crippen molar-refractivity contribution in [1.29, 1.82) is 0 Å². The fraction of sp³-hybridized carbons (Fsp3) is 1.00. The van der Waals surface area contributed by atoms with Gasteiger partial charge in [0.1, 0.15) is 0 Å². The van der Waals surface area contributed by atoms with Gasteiger partial charge in [0.05, 0.1) is 5.25 Å². The fourth-order valence-electron chi connectivity index (χ4n) is 1.74. The highest BCUT2D eigenvalue weighted by atomic mass is 32.2. The van der Waals surface area contributed by atoms with Crippen LogP contribution in [0.4, 0.5) is 0 Å². The first-order chi connectivity index (χ1) is 6.95. The van der Waals surface area contributed by atoms with E-state index in [9.17, 15) is 8.42 Å². The Morgan fingerprint density at radius 1 is 1.13 bits per heavy atom. The van der Waals surface area contributed by atoms with E-state index >= 15 is 0 Å². The normalized spacial score (nSPS) is 14.9. The number of rotatable bonds is 7. The third-order valence-corrected chi connectivity index (χ3v) is 5.47. The van der Waals surface area contributed by atoms with Crippen LogP contribution in [0.15, 0.2) is 0 Å². The molecule has 0 aliphatic carbocycles. The summed E-state index contributed by atoms with van der Waals surface area (Å²) in [5.74, 6) is 0. The number of hydrogen-bond acceptors (Lipinski definition) is 3. The van der Waals surface area contributed by atoms with Crippen LogP contribution in [-0.4, -0.2) is 37.6 Å². The molecule has 0 aromatic heterocycles. The molecule has 5 heteroatoms. The average molecular weight is 236 g/mol. The first-order valence-electron chi connectivity index (χ1n) is 5.62. The largest absolute Gasteiger partial charge is 0.329 e. The van der Waals surface area contributed by atoms with Gasteiger partial charge in [0, 0.05) is 19.6 Å². The molecule has 0 radical (unpaired) electrons. The third kappa shape index (κ3) is 3.43. The van der Waals surface area contributed by atoms with Crippen LogP contribution in [-0.2, 0) is 10.0 Å². The van der Waals surface area contributed by atoms with Gasteiger partial charge in [-0.1, -0.05) is 20.8 Å². The van der Waals surface area contributed by atoms with Crippen molar-refractivity contribution in [3.8, 4) is 0 Å². The Balaban J connectivity index is 4.85. The van der Waals surface area contributed by atoms with Crippen LogP contribution < -0.4 is 5.73 Å². The maximum Gasteiger partial charge on any atom is 0.218 e. The first kappa shape index (κ1) is 14.9. The molecular formula is C10H24N2O2S. The summed E-state index contributed by atoms with van der Waals surface area (Å²) in [6, 6.07) is 0.0931. The van der Waals surface area contributed by atoms with E-state index in [2.05, 4.69) is 0 Å². The molecule has 4 nitrogen and oxygen atoms in total. The molecule has 0 aliphatic heterocycles. The van der Waals surface area contributed by atoms with Crippen molar-refractivity contribution in [2.75, 3.05) is 13.6 Å². The molecule has 1 unspecified atom stereocenters. The van der Waals surface area contributed by atoms with Crippen molar-refractivity contribution >= 4 is 10.0 Å². The van der Waals surface area contributed by atoms with E-state index in [0.29, 0.717) is 6.42 Å². The van der Waals surface area contributed by atoms with Gasteiger partial charge in [-0.15, -0.1) is 0 Å². The van der Waals surface area contributed by atoms with Crippen molar-refractivity contribution < 1.29 is 8.42 Å². The van der Waals surface area contributed by atoms with Gasteiger partial charge in [0.15, 0.2) is 0 Å². The third-order valence-electron chi connectivity index (χ3n) is 3.00. The maximum atomic E-state index is 12.1. The Bertz CT molecular complexity index is 257.